The van der Waals surface area contributed by atoms with Gasteiger partial charge in [0.2, 0.25) is 29.5 Å². The fourth-order valence-electron chi connectivity index (χ4n) is 13.9. The van der Waals surface area contributed by atoms with Crippen LogP contribution in [0, 0.1) is 5.92 Å². The number of hydrogen-bond acceptors (Lipinski definition) is 31. The lowest BCUT2D eigenvalue weighted by Crippen LogP contribution is -2.49. The smallest absolute Gasteiger partial charge is 0.245 e. The lowest BCUT2D eigenvalue weighted by Gasteiger charge is -2.34. The summed E-state index contributed by atoms with van der Waals surface area (Å²) in [5, 5.41) is 19.1. The molecule has 7 rings (SSSR count). The van der Waals surface area contributed by atoms with Crippen molar-refractivity contribution in [3.8, 4) is 0 Å². The Bertz CT molecular complexity index is 2430. The molecule has 125 heavy (non-hydrogen) atoms. The maximum absolute atomic E-state index is 11.2. The van der Waals surface area contributed by atoms with Gasteiger partial charge in [0.15, 0.2) is 0 Å². The summed E-state index contributed by atoms with van der Waals surface area (Å²) >= 11 is 0. The van der Waals surface area contributed by atoms with Crippen LogP contribution in [0.2, 0.25) is 0 Å². The van der Waals surface area contributed by atoms with E-state index in [2.05, 4.69) is 135 Å². The first-order valence-electron chi connectivity index (χ1n) is 46.7. The summed E-state index contributed by atoms with van der Waals surface area (Å²) in [6.07, 6.45) is 12.2. The van der Waals surface area contributed by atoms with Crippen LogP contribution in [-0.4, -0.2) is 547 Å². The van der Waals surface area contributed by atoms with Crippen LogP contribution < -0.4 is 37.2 Å². The van der Waals surface area contributed by atoms with E-state index < -0.39 is 0 Å². The van der Waals surface area contributed by atoms with E-state index >= 15 is 0 Å². The Balaban J connectivity index is 0.000000732. The molecule has 0 aromatic rings. The van der Waals surface area contributed by atoms with Gasteiger partial charge in [-0.15, -0.1) is 0 Å². The number of nitrogens with one attached hydrogen (secondary N) is 7. The number of methoxy groups -OCH3 is 4. The van der Waals surface area contributed by atoms with Crippen molar-refractivity contribution in [1.29, 1.82) is 0 Å². The van der Waals surface area contributed by atoms with E-state index in [4.69, 9.17) is 52.1 Å². The molecule has 0 bridgehead atoms. The van der Waals surface area contributed by atoms with Gasteiger partial charge in [-0.2, -0.15) is 0 Å². The molecule has 0 aromatic heterocycles. The van der Waals surface area contributed by atoms with Gasteiger partial charge in [-0.1, -0.05) is 13.2 Å². The molecular weight excluding hydrogens is 1610 g/mol. The Hall–Kier alpha value is -4.53. The largest absolute Gasteiger partial charge is 0.392 e. The van der Waals surface area contributed by atoms with Crippen LogP contribution in [0.25, 0.3) is 0 Å². The second-order valence-corrected chi connectivity index (χ2v) is 32.8. The van der Waals surface area contributed by atoms with Crippen molar-refractivity contribution in [1.82, 2.24) is 101 Å². The monoisotopic (exact) mass is 1790 g/mol. The van der Waals surface area contributed by atoms with Gasteiger partial charge in [-0.25, -0.2) is 0 Å². The summed E-state index contributed by atoms with van der Waals surface area (Å²) in [4.78, 5) is 86.2. The number of nitrogens with zero attached hydrogens (tertiary/aromatic N) is 13. The highest BCUT2D eigenvalue weighted by molar-refractivity contribution is 5.78. The number of piperidine rings is 1. The van der Waals surface area contributed by atoms with Crippen molar-refractivity contribution in [2.75, 3.05) is 453 Å². The fourth-order valence-corrected chi connectivity index (χ4v) is 13.9. The number of likely N-dealkylation sites (N-methyl/N-ethyl adjacent to an activating group) is 9. The second-order valence-electron chi connectivity index (χ2n) is 32.8. The highest BCUT2D eigenvalue weighted by Gasteiger charge is 2.23. The van der Waals surface area contributed by atoms with Crippen molar-refractivity contribution in [2.24, 2.45) is 5.92 Å². The van der Waals surface area contributed by atoms with Crippen LogP contribution in [0.4, 0.5) is 0 Å². The van der Waals surface area contributed by atoms with E-state index in [1.165, 1.54) is 38.0 Å². The molecular formula is C89H184N20O16. The number of amides is 5. The number of piperazine rings is 6. The highest BCUT2D eigenvalue weighted by atomic mass is 16.5. The number of rotatable bonds is 57. The minimum absolute atomic E-state index is 0.0674. The van der Waals surface area contributed by atoms with E-state index in [-0.39, 0.29) is 49.4 Å². The average molecular weight is 1790 g/mol. The van der Waals surface area contributed by atoms with Gasteiger partial charge in [-0.05, 0) is 117 Å². The summed E-state index contributed by atoms with van der Waals surface area (Å²) in [5.41, 5.74) is 2.27. The molecule has 0 atom stereocenters. The highest BCUT2D eigenvalue weighted by Crippen LogP contribution is 2.22. The number of carbonyl (C=O) groups is 5. The molecule has 7 fully saturated rings. The molecule has 0 unspecified atom stereocenters. The van der Waals surface area contributed by atoms with Crippen LogP contribution in [-0.2, 0) is 76.1 Å². The standard InChI is InChI=1S/C15H31N3O3.C14H29N3O4.C14H29N3O3.C12H25N3O2.C12H24N2O.C11H23N3O2.C11H23N3O/c1-16-15(19)14-21-12-5-3-4-11-20-13-10-18-8-6-17(2)7-9-18;1-15-14(18)13-21-12-11-20-10-9-19-8-7-17-5-3-16(2)4-6-17;1-15-14(18)13-20-11-4-3-10-19-12-9-17-7-5-16(2)6-8-17;1-13-12(16)11-15-8-6-14(7-9-15)5-3-4-10-17-2;1-11(13-2)10-12-4-6-14(7-5-12)8-9-15-3;1-12-11(15)10-14-7-5-13(6-8-14)4-3-9-16-2;1-11(12-2)10-14-6-4-13(5-7-14)8-9-15-3/h3-14H2,1-2H3,(H,16,19);3-13H2,1-2H3,(H,15,18);3-13H2,1-2H3,(H,15,18);3-11H2,1-2H3,(H,13,16);12-13H,1,4-10H2,2-3H3;3-10H2,1-2H3,(H,12,15);12H,1,4-10H2,2-3H3. The number of likely N-dealkylation sites (tertiary alicyclic amines) is 1. The van der Waals surface area contributed by atoms with E-state index in [9.17, 15) is 24.0 Å². The van der Waals surface area contributed by atoms with Crippen LogP contribution in [0.1, 0.15) is 70.6 Å². The quantitative estimate of drug-likeness (QED) is 0.0382. The Kier molecular flexibility index (Phi) is 79.4. The maximum atomic E-state index is 11.2. The fraction of sp³-hybridized carbons (Fsp3) is 0.899. The number of allylic oxidation sites excluding steroid dienone is 1. The normalized spacial score (nSPS) is 17.9. The molecule has 0 aromatic carbocycles. The van der Waals surface area contributed by atoms with Crippen molar-refractivity contribution < 1.29 is 76.1 Å². The van der Waals surface area contributed by atoms with E-state index in [1.54, 1.807) is 63.7 Å². The predicted molar refractivity (Wildman–Crippen MR) is 501 cm³/mol. The molecule has 7 aliphatic heterocycles. The van der Waals surface area contributed by atoms with Gasteiger partial charge in [0.05, 0.1) is 72.6 Å². The minimum Gasteiger partial charge on any atom is -0.392 e. The molecule has 0 aliphatic carbocycles. The second kappa shape index (κ2) is 83.8. The van der Waals surface area contributed by atoms with Gasteiger partial charge >= 0.3 is 0 Å². The maximum Gasteiger partial charge on any atom is 0.245 e. The molecule has 0 radical (unpaired) electrons. The van der Waals surface area contributed by atoms with Gasteiger partial charge in [0.25, 0.3) is 0 Å². The van der Waals surface area contributed by atoms with Crippen molar-refractivity contribution in [2.45, 2.75) is 70.6 Å². The Morgan fingerprint density at radius 3 is 0.856 bits per heavy atom. The number of ether oxygens (including phenoxy) is 11. The Morgan fingerprint density at radius 2 is 0.504 bits per heavy atom. The zero-order chi connectivity index (χ0) is 91.8. The molecule has 36 nitrogen and oxygen atoms in total. The lowest BCUT2D eigenvalue weighted by molar-refractivity contribution is -0.126. The Morgan fingerprint density at radius 1 is 0.248 bits per heavy atom. The summed E-state index contributed by atoms with van der Waals surface area (Å²) in [6, 6.07) is 0. The molecule has 736 valence electrons. The third-order valence-corrected chi connectivity index (χ3v) is 22.8. The molecule has 0 spiro atoms. The molecule has 7 saturated heterocycles. The van der Waals surface area contributed by atoms with Crippen molar-refractivity contribution in [3.63, 3.8) is 0 Å². The Labute approximate surface area is 757 Å². The lowest BCUT2D eigenvalue weighted by atomic mass is 9.92. The van der Waals surface area contributed by atoms with Crippen LogP contribution in [0.15, 0.2) is 24.6 Å². The van der Waals surface area contributed by atoms with Crippen LogP contribution in [0.5, 0.6) is 0 Å². The first kappa shape index (κ1) is 118. The topological polar surface area (TPSA) is 313 Å². The molecule has 7 aliphatic rings. The molecule has 7 N–H and O–H groups in total. The summed E-state index contributed by atoms with van der Waals surface area (Å²) in [6.45, 7) is 57.5. The molecule has 36 heteroatoms. The molecule has 0 saturated carbocycles. The van der Waals surface area contributed by atoms with E-state index in [0.717, 1.165) is 332 Å². The van der Waals surface area contributed by atoms with Crippen molar-refractivity contribution in [3.05, 3.63) is 24.6 Å². The first-order valence-corrected chi connectivity index (χ1v) is 46.7. The third kappa shape index (κ3) is 70.9. The zero-order valence-electron chi connectivity index (χ0n) is 81.3. The summed E-state index contributed by atoms with van der Waals surface area (Å²) < 4.78 is 58.0. The molecule has 7 heterocycles. The average Bonchev–Trinajstić information content (AvgIpc) is 0.895. The van der Waals surface area contributed by atoms with Crippen LogP contribution in [0.3, 0.4) is 0 Å². The van der Waals surface area contributed by atoms with Crippen LogP contribution >= 0.6 is 0 Å². The van der Waals surface area contributed by atoms with E-state index in [0.29, 0.717) is 52.7 Å². The number of unbranched alkanes of at least 4 members (excludes halogenated alkanes) is 4. The first-order chi connectivity index (χ1) is 60.7. The van der Waals surface area contributed by atoms with Gasteiger partial charge in [0.1, 0.15) is 19.8 Å². The SMILES string of the molecule is C=C(CC1CCN(CCOC)CC1)NC.C=C(CN1CCN(CCOC)CC1)NC.CNC(=O)CN1CCN(CCCCOC)CC1.CNC(=O)CN1CCN(CCCOC)CC1.CNC(=O)COCCCCCOCCN1CCN(C)CC1.CNC(=O)COCCCCOCCN1CCN(C)CC1.CNC(=O)COCCOCCOCCN1CCN(C)CC1. The van der Waals surface area contributed by atoms with Gasteiger partial charge in [-0.3, -0.25) is 58.3 Å². The number of hydrogen-bond donors (Lipinski definition) is 7. The summed E-state index contributed by atoms with van der Waals surface area (Å²) in [5.74, 6) is 0.771. The minimum atomic E-state index is -0.123. The predicted octanol–water partition coefficient (Wildman–Crippen LogP) is -0.379. The van der Waals surface area contributed by atoms with E-state index in [1.807, 2.05) is 14.1 Å². The van der Waals surface area contributed by atoms with Crippen molar-refractivity contribution >= 4 is 29.5 Å². The molecule has 5 amide bonds. The van der Waals surface area contributed by atoms with Gasteiger partial charge < -0.3 is 119 Å². The van der Waals surface area contributed by atoms with Gasteiger partial charge in [0, 0.05) is 332 Å². The number of carbonyl (C=O) groups excluding carboxylic acids is 5. The third-order valence-electron chi connectivity index (χ3n) is 22.8. The zero-order valence-corrected chi connectivity index (χ0v) is 81.3. The summed E-state index contributed by atoms with van der Waals surface area (Å²) in [7, 11) is 25.6.